The number of hydrogen-bond acceptors (Lipinski definition) is 9. The summed E-state index contributed by atoms with van der Waals surface area (Å²) in [6.45, 7) is 3.63. The zero-order valence-corrected chi connectivity index (χ0v) is 21.5. The second kappa shape index (κ2) is 13.6. The maximum absolute atomic E-state index is 12.3. The van der Waals surface area contributed by atoms with Gasteiger partial charge in [-0.2, -0.15) is 0 Å². The van der Waals surface area contributed by atoms with Gasteiger partial charge < -0.3 is 23.7 Å². The van der Waals surface area contributed by atoms with Gasteiger partial charge in [0.25, 0.3) is 0 Å². The van der Waals surface area contributed by atoms with Crippen molar-refractivity contribution in [2.75, 3.05) is 6.61 Å². The van der Waals surface area contributed by atoms with Gasteiger partial charge in [0.15, 0.2) is 11.7 Å². The van der Waals surface area contributed by atoms with Gasteiger partial charge in [-0.1, -0.05) is 65.8 Å². The standard InChI is InChI=1S/C27H31N3O8/c1-18(31)36-24-23(29-30-28)14-27(38-20(3)33,17-34-15-21-10-6-4-7-11-21)26(37-19(2)32)25(24)35-16-22-12-8-5-9-13-22/h4-13,23-26H,14-17H2,1-3H3/t23-,24-,25+,26-,27-/m0/s1. The number of esters is 3. The molecule has 5 atom stereocenters. The van der Waals surface area contributed by atoms with E-state index >= 15 is 0 Å². The normalized spacial score (nSPS) is 24.5. The van der Waals surface area contributed by atoms with Crippen molar-refractivity contribution < 1.29 is 38.1 Å². The fourth-order valence-electron chi connectivity index (χ4n) is 4.56. The number of nitrogens with zero attached hydrogens (tertiary/aromatic N) is 3. The van der Waals surface area contributed by atoms with Crippen LogP contribution in [0.15, 0.2) is 65.8 Å². The van der Waals surface area contributed by atoms with Crippen molar-refractivity contribution in [1.29, 1.82) is 0 Å². The fraction of sp³-hybridized carbons (Fsp3) is 0.444. The van der Waals surface area contributed by atoms with Crippen molar-refractivity contribution >= 4 is 17.9 Å². The molecule has 1 fully saturated rings. The average Bonchev–Trinajstić information content (AvgIpc) is 2.87. The second-order valence-corrected chi connectivity index (χ2v) is 8.98. The van der Waals surface area contributed by atoms with Gasteiger partial charge in [0.05, 0.1) is 25.9 Å². The lowest BCUT2D eigenvalue weighted by Crippen LogP contribution is -2.67. The highest BCUT2D eigenvalue weighted by Gasteiger charge is 2.59. The number of hydrogen-bond donors (Lipinski definition) is 0. The Morgan fingerprint density at radius 3 is 1.97 bits per heavy atom. The summed E-state index contributed by atoms with van der Waals surface area (Å²) in [6.07, 6.45) is -3.69. The third-order valence-corrected chi connectivity index (χ3v) is 5.96. The van der Waals surface area contributed by atoms with E-state index in [1.165, 1.54) is 20.8 Å². The molecule has 1 saturated carbocycles. The van der Waals surface area contributed by atoms with E-state index in [0.717, 1.165) is 11.1 Å². The van der Waals surface area contributed by atoms with E-state index < -0.39 is 47.9 Å². The molecule has 3 rings (SSSR count). The van der Waals surface area contributed by atoms with Crippen molar-refractivity contribution in [1.82, 2.24) is 0 Å². The third kappa shape index (κ3) is 7.79. The highest BCUT2D eigenvalue weighted by Crippen LogP contribution is 2.40. The lowest BCUT2D eigenvalue weighted by atomic mass is 9.75. The Labute approximate surface area is 220 Å². The number of benzene rings is 2. The van der Waals surface area contributed by atoms with E-state index in [2.05, 4.69) is 10.0 Å². The molecule has 0 bridgehead atoms. The smallest absolute Gasteiger partial charge is 0.303 e. The topological polar surface area (TPSA) is 146 Å². The minimum absolute atomic E-state index is 0.0467. The van der Waals surface area contributed by atoms with Gasteiger partial charge in [0.2, 0.25) is 0 Å². The van der Waals surface area contributed by atoms with Gasteiger partial charge in [-0.15, -0.1) is 0 Å². The lowest BCUT2D eigenvalue weighted by molar-refractivity contribution is -0.250. The van der Waals surface area contributed by atoms with Crippen LogP contribution in [0.1, 0.15) is 38.3 Å². The highest BCUT2D eigenvalue weighted by atomic mass is 16.6. The summed E-state index contributed by atoms with van der Waals surface area (Å²) in [6, 6.07) is 17.5. The molecule has 11 heteroatoms. The molecule has 11 nitrogen and oxygen atoms in total. The van der Waals surface area contributed by atoms with Gasteiger partial charge in [0.1, 0.15) is 12.2 Å². The SMILES string of the molecule is CC(=O)O[C@@H]1[C@@H](OCc2ccccc2)[C@H](OC(C)=O)[C@](COCc2ccccc2)(OC(C)=O)C[C@@H]1N=[N+]=[N-]. The molecule has 0 heterocycles. The quantitative estimate of drug-likeness (QED) is 0.140. The number of rotatable bonds is 11. The van der Waals surface area contributed by atoms with E-state index in [4.69, 9.17) is 23.7 Å². The highest BCUT2D eigenvalue weighted by molar-refractivity contribution is 5.68. The summed E-state index contributed by atoms with van der Waals surface area (Å²) in [7, 11) is 0. The van der Waals surface area contributed by atoms with Gasteiger partial charge in [-0.25, -0.2) is 0 Å². The molecule has 0 N–H and O–H groups in total. The Bertz CT molecular complexity index is 1140. The van der Waals surface area contributed by atoms with E-state index in [0.29, 0.717) is 0 Å². The van der Waals surface area contributed by atoms with Gasteiger partial charge >= 0.3 is 17.9 Å². The fourth-order valence-corrected chi connectivity index (χ4v) is 4.56. The minimum atomic E-state index is -1.61. The molecular formula is C27H31N3O8. The summed E-state index contributed by atoms with van der Waals surface area (Å²) in [5.74, 6) is -1.99. The largest absolute Gasteiger partial charge is 0.459 e. The third-order valence-electron chi connectivity index (χ3n) is 5.96. The minimum Gasteiger partial charge on any atom is -0.459 e. The Balaban J connectivity index is 2.04. The van der Waals surface area contributed by atoms with Crippen LogP contribution in [0.5, 0.6) is 0 Å². The van der Waals surface area contributed by atoms with Crippen LogP contribution in [0.4, 0.5) is 0 Å². The van der Waals surface area contributed by atoms with Crippen LogP contribution in [-0.4, -0.2) is 54.5 Å². The zero-order chi connectivity index (χ0) is 27.5. The van der Waals surface area contributed by atoms with Gasteiger partial charge in [0, 0.05) is 32.1 Å². The molecule has 0 radical (unpaired) electrons. The molecule has 1 aliphatic carbocycles. The summed E-state index contributed by atoms with van der Waals surface area (Å²) >= 11 is 0. The predicted octanol–water partition coefficient (Wildman–Crippen LogP) is 4.04. The Kier molecular flexibility index (Phi) is 10.2. The van der Waals surface area contributed by atoms with Crippen molar-refractivity contribution in [2.24, 2.45) is 5.11 Å². The molecule has 0 aromatic heterocycles. The van der Waals surface area contributed by atoms with Crippen LogP contribution < -0.4 is 0 Å². The molecule has 2 aromatic rings. The van der Waals surface area contributed by atoms with E-state index in [9.17, 15) is 19.9 Å². The van der Waals surface area contributed by atoms with E-state index in [-0.39, 0.29) is 26.2 Å². The maximum atomic E-state index is 12.3. The first-order valence-corrected chi connectivity index (χ1v) is 12.1. The maximum Gasteiger partial charge on any atom is 0.303 e. The Hall–Kier alpha value is -3.92. The van der Waals surface area contributed by atoms with Crippen LogP contribution >= 0.6 is 0 Å². The molecular weight excluding hydrogens is 494 g/mol. The van der Waals surface area contributed by atoms with Gasteiger partial charge in [-0.3, -0.25) is 14.4 Å². The van der Waals surface area contributed by atoms with Crippen LogP contribution in [-0.2, 0) is 51.3 Å². The molecule has 0 unspecified atom stereocenters. The summed E-state index contributed by atoms with van der Waals surface area (Å²) in [4.78, 5) is 39.6. The van der Waals surface area contributed by atoms with Crippen LogP contribution in [0.2, 0.25) is 0 Å². The summed E-state index contributed by atoms with van der Waals surface area (Å²) < 4.78 is 29.2. The monoisotopic (exact) mass is 525 g/mol. The molecule has 2 aromatic carbocycles. The molecule has 1 aliphatic rings. The zero-order valence-electron chi connectivity index (χ0n) is 21.5. The van der Waals surface area contributed by atoms with E-state index in [1.807, 2.05) is 60.7 Å². The summed E-state index contributed by atoms with van der Waals surface area (Å²) in [5, 5.41) is 3.84. The first kappa shape index (κ1) is 28.6. The molecule has 0 amide bonds. The average molecular weight is 526 g/mol. The number of carbonyl (C=O) groups is 3. The molecule has 0 saturated heterocycles. The molecule has 0 aliphatic heterocycles. The Morgan fingerprint density at radius 1 is 0.868 bits per heavy atom. The number of ether oxygens (including phenoxy) is 5. The van der Waals surface area contributed by atoms with Crippen LogP contribution in [0.25, 0.3) is 10.4 Å². The van der Waals surface area contributed by atoms with Crippen molar-refractivity contribution in [3.05, 3.63) is 82.2 Å². The van der Waals surface area contributed by atoms with Crippen molar-refractivity contribution in [2.45, 2.75) is 70.4 Å². The molecule has 202 valence electrons. The van der Waals surface area contributed by atoms with Crippen molar-refractivity contribution in [3.8, 4) is 0 Å². The van der Waals surface area contributed by atoms with E-state index in [1.54, 1.807) is 0 Å². The number of carbonyl (C=O) groups excluding carboxylic acids is 3. The van der Waals surface area contributed by atoms with Crippen LogP contribution in [0.3, 0.4) is 0 Å². The predicted molar refractivity (Wildman–Crippen MR) is 134 cm³/mol. The lowest BCUT2D eigenvalue weighted by Gasteiger charge is -2.50. The molecule has 0 spiro atoms. The summed E-state index contributed by atoms with van der Waals surface area (Å²) in [5.41, 5.74) is 9.36. The second-order valence-electron chi connectivity index (χ2n) is 8.98. The molecule has 38 heavy (non-hydrogen) atoms. The van der Waals surface area contributed by atoms with Crippen molar-refractivity contribution in [3.63, 3.8) is 0 Å². The number of azide groups is 1. The van der Waals surface area contributed by atoms with Gasteiger partial charge in [-0.05, 0) is 16.7 Å². The first-order chi connectivity index (χ1) is 18.2. The first-order valence-electron chi connectivity index (χ1n) is 12.1. The Morgan fingerprint density at radius 2 is 1.45 bits per heavy atom. The van der Waals surface area contributed by atoms with Crippen LogP contribution in [0, 0.1) is 0 Å².